The van der Waals surface area contributed by atoms with E-state index in [0.717, 1.165) is 10.5 Å². The topological polar surface area (TPSA) is 71.1 Å². The van der Waals surface area contributed by atoms with Gasteiger partial charge in [0, 0.05) is 11.1 Å². The lowest BCUT2D eigenvalue weighted by molar-refractivity contribution is -0.119. The average molecular weight is 315 g/mol. The third-order valence-corrected chi connectivity index (χ3v) is 4.08. The van der Waals surface area contributed by atoms with E-state index in [4.69, 9.17) is 0 Å². The van der Waals surface area contributed by atoms with Crippen LogP contribution in [0.1, 0.15) is 21.6 Å². The van der Waals surface area contributed by atoms with Gasteiger partial charge in [-0.15, -0.1) is 11.8 Å². The predicted molar refractivity (Wildman–Crippen MR) is 86.5 cm³/mol. The number of aromatic nitrogens is 1. The molecule has 0 aliphatic heterocycles. The fraction of sp³-hybridized carbons (Fsp3) is 0.188. The Bertz CT molecular complexity index is 674. The van der Waals surface area contributed by atoms with E-state index in [1.54, 1.807) is 18.2 Å². The predicted octanol–water partition coefficient (Wildman–Crippen LogP) is 2.25. The van der Waals surface area contributed by atoms with Crippen LogP contribution in [0.15, 0.2) is 47.5 Å². The van der Waals surface area contributed by atoms with Gasteiger partial charge in [0.25, 0.3) is 5.91 Å². The molecular formula is C16H17N3O2S. The van der Waals surface area contributed by atoms with Crippen molar-refractivity contribution in [3.8, 4) is 0 Å². The molecule has 1 aromatic carbocycles. The van der Waals surface area contributed by atoms with Crippen molar-refractivity contribution in [2.45, 2.75) is 18.7 Å². The van der Waals surface area contributed by atoms with Gasteiger partial charge in [-0.3, -0.25) is 25.4 Å². The van der Waals surface area contributed by atoms with Gasteiger partial charge in [0.1, 0.15) is 5.69 Å². The average Bonchev–Trinajstić information content (AvgIpc) is 2.52. The molecule has 0 spiro atoms. The van der Waals surface area contributed by atoms with E-state index >= 15 is 0 Å². The molecule has 22 heavy (non-hydrogen) atoms. The van der Waals surface area contributed by atoms with E-state index in [9.17, 15) is 9.59 Å². The maximum atomic E-state index is 11.8. The van der Waals surface area contributed by atoms with Gasteiger partial charge in [-0.2, -0.15) is 0 Å². The first-order valence-electron chi connectivity index (χ1n) is 6.76. The van der Waals surface area contributed by atoms with Crippen LogP contribution in [0.2, 0.25) is 0 Å². The highest BCUT2D eigenvalue weighted by molar-refractivity contribution is 8.00. The lowest BCUT2D eigenvalue weighted by atomic mass is 10.2. The fourth-order valence-corrected chi connectivity index (χ4v) is 2.64. The molecule has 1 aromatic heterocycles. The normalized spacial score (nSPS) is 10.1. The van der Waals surface area contributed by atoms with Crippen LogP contribution in [-0.4, -0.2) is 22.6 Å². The molecule has 2 N–H and O–H groups in total. The van der Waals surface area contributed by atoms with Crippen LogP contribution in [-0.2, 0) is 4.79 Å². The summed E-state index contributed by atoms with van der Waals surface area (Å²) in [6, 6.07) is 11.1. The third kappa shape index (κ3) is 4.60. The Balaban J connectivity index is 1.80. The van der Waals surface area contributed by atoms with E-state index in [1.165, 1.54) is 23.5 Å². The fourth-order valence-electron chi connectivity index (χ4n) is 1.83. The number of thioether (sulfide) groups is 1. The molecule has 0 saturated carbocycles. The van der Waals surface area contributed by atoms with E-state index < -0.39 is 5.91 Å². The first-order chi connectivity index (χ1) is 10.6. The minimum absolute atomic E-state index is 0.229. The van der Waals surface area contributed by atoms with E-state index in [2.05, 4.69) is 21.9 Å². The highest BCUT2D eigenvalue weighted by Gasteiger charge is 2.09. The Labute approximate surface area is 133 Å². The molecule has 6 heteroatoms. The van der Waals surface area contributed by atoms with E-state index in [0.29, 0.717) is 0 Å². The summed E-state index contributed by atoms with van der Waals surface area (Å²) in [7, 11) is 0. The van der Waals surface area contributed by atoms with Crippen LogP contribution in [0.4, 0.5) is 0 Å². The number of hydrogen-bond donors (Lipinski definition) is 2. The Morgan fingerprint density at radius 3 is 2.64 bits per heavy atom. The van der Waals surface area contributed by atoms with Crippen LogP contribution >= 0.6 is 11.8 Å². The monoisotopic (exact) mass is 315 g/mol. The van der Waals surface area contributed by atoms with Crippen molar-refractivity contribution in [3.05, 3.63) is 59.4 Å². The Morgan fingerprint density at radius 1 is 1.14 bits per heavy atom. The summed E-state index contributed by atoms with van der Waals surface area (Å²) >= 11 is 1.43. The number of rotatable bonds is 4. The minimum Gasteiger partial charge on any atom is -0.272 e. The summed E-state index contributed by atoms with van der Waals surface area (Å²) in [6.07, 6.45) is 1.52. The second-order valence-electron chi connectivity index (χ2n) is 4.77. The lowest BCUT2D eigenvalue weighted by Crippen LogP contribution is -2.42. The summed E-state index contributed by atoms with van der Waals surface area (Å²) in [5.74, 6) is -0.480. The first-order valence-corrected chi connectivity index (χ1v) is 7.75. The first kappa shape index (κ1) is 16.0. The molecule has 114 valence electrons. The van der Waals surface area contributed by atoms with Gasteiger partial charge < -0.3 is 0 Å². The molecular weight excluding hydrogens is 298 g/mol. The second-order valence-corrected chi connectivity index (χ2v) is 5.79. The number of nitrogens with zero attached hydrogens (tertiary/aromatic N) is 1. The third-order valence-electron chi connectivity index (χ3n) is 2.90. The molecule has 2 rings (SSSR count). The van der Waals surface area contributed by atoms with Gasteiger partial charge in [-0.1, -0.05) is 23.8 Å². The van der Waals surface area contributed by atoms with Crippen LogP contribution in [0.5, 0.6) is 0 Å². The molecule has 1 heterocycles. The van der Waals surface area contributed by atoms with Crippen molar-refractivity contribution in [2.24, 2.45) is 0 Å². The van der Waals surface area contributed by atoms with Gasteiger partial charge >= 0.3 is 0 Å². The molecule has 5 nitrogen and oxygen atoms in total. The number of nitrogens with one attached hydrogen (secondary N) is 2. The number of amides is 2. The molecule has 0 fully saturated rings. The molecule has 2 amide bonds. The summed E-state index contributed by atoms with van der Waals surface area (Å²) in [5, 5.41) is 0. The summed E-state index contributed by atoms with van der Waals surface area (Å²) in [5.41, 5.74) is 7.30. The van der Waals surface area contributed by atoms with Crippen LogP contribution < -0.4 is 10.9 Å². The SMILES string of the molecule is Cc1ccc(SCC(=O)NNC(=O)c2ccccn2)c(C)c1. The van der Waals surface area contributed by atoms with E-state index in [1.807, 2.05) is 26.0 Å². The smallest absolute Gasteiger partial charge is 0.272 e. The number of hydrogen-bond acceptors (Lipinski definition) is 4. The minimum atomic E-state index is -0.439. The molecule has 0 bridgehead atoms. The summed E-state index contributed by atoms with van der Waals surface area (Å²) < 4.78 is 0. The van der Waals surface area contributed by atoms with Crippen LogP contribution in [0.3, 0.4) is 0 Å². The Kier molecular flexibility index (Phi) is 5.55. The molecule has 0 saturated heterocycles. The number of carbonyl (C=O) groups is 2. The van der Waals surface area contributed by atoms with Crippen molar-refractivity contribution in [3.63, 3.8) is 0 Å². The summed E-state index contributed by atoms with van der Waals surface area (Å²) in [6.45, 7) is 4.04. The maximum Gasteiger partial charge on any atom is 0.288 e. The van der Waals surface area contributed by atoms with E-state index in [-0.39, 0.29) is 17.4 Å². The van der Waals surface area contributed by atoms with Gasteiger partial charge in [-0.25, -0.2) is 0 Å². The second kappa shape index (κ2) is 7.61. The zero-order valence-corrected chi connectivity index (χ0v) is 13.2. The highest BCUT2D eigenvalue weighted by atomic mass is 32.2. The molecule has 0 aliphatic rings. The molecule has 0 aliphatic carbocycles. The number of pyridine rings is 1. The van der Waals surface area contributed by atoms with Crippen molar-refractivity contribution >= 4 is 23.6 Å². The zero-order chi connectivity index (χ0) is 15.9. The van der Waals surface area contributed by atoms with Gasteiger partial charge in [0.05, 0.1) is 5.75 Å². The maximum absolute atomic E-state index is 11.8. The molecule has 0 unspecified atom stereocenters. The number of aryl methyl sites for hydroxylation is 2. The largest absolute Gasteiger partial charge is 0.288 e. The molecule has 0 atom stereocenters. The standard InChI is InChI=1S/C16H17N3O2S/c1-11-6-7-14(12(2)9-11)22-10-15(20)18-19-16(21)13-5-3-4-8-17-13/h3-9H,10H2,1-2H3,(H,18,20)(H,19,21). The van der Waals surface area contributed by atoms with Crippen molar-refractivity contribution in [2.75, 3.05) is 5.75 Å². The number of hydrazine groups is 1. The number of benzene rings is 1. The van der Waals surface area contributed by atoms with Gasteiger partial charge in [0.2, 0.25) is 5.91 Å². The van der Waals surface area contributed by atoms with Crippen molar-refractivity contribution < 1.29 is 9.59 Å². The summed E-state index contributed by atoms with van der Waals surface area (Å²) in [4.78, 5) is 28.4. The van der Waals surface area contributed by atoms with Gasteiger partial charge in [0.15, 0.2) is 0 Å². The van der Waals surface area contributed by atoms with Crippen molar-refractivity contribution in [1.29, 1.82) is 0 Å². The molecule has 2 aromatic rings. The Hall–Kier alpha value is -2.34. The Morgan fingerprint density at radius 2 is 1.95 bits per heavy atom. The number of carbonyl (C=O) groups excluding carboxylic acids is 2. The van der Waals surface area contributed by atoms with Crippen LogP contribution in [0.25, 0.3) is 0 Å². The van der Waals surface area contributed by atoms with Crippen molar-refractivity contribution in [1.82, 2.24) is 15.8 Å². The molecule has 0 radical (unpaired) electrons. The quantitative estimate of drug-likeness (QED) is 0.670. The van der Waals surface area contributed by atoms with Crippen LogP contribution in [0, 0.1) is 13.8 Å². The zero-order valence-electron chi connectivity index (χ0n) is 12.4. The highest BCUT2D eigenvalue weighted by Crippen LogP contribution is 2.22. The van der Waals surface area contributed by atoms with Gasteiger partial charge in [-0.05, 0) is 37.6 Å². The lowest BCUT2D eigenvalue weighted by Gasteiger charge is -2.08.